The second-order valence-corrected chi connectivity index (χ2v) is 8.97. The third kappa shape index (κ3) is 5.73. The highest BCUT2D eigenvalue weighted by molar-refractivity contribution is 8.00. The molecule has 9 nitrogen and oxygen atoms in total. The van der Waals surface area contributed by atoms with Crippen molar-refractivity contribution in [2.75, 3.05) is 18.9 Å². The topological polar surface area (TPSA) is 103 Å². The molecular weight excluding hydrogens is 485 g/mol. The fourth-order valence-electron chi connectivity index (χ4n) is 3.64. The predicted molar refractivity (Wildman–Crippen MR) is 136 cm³/mol. The Morgan fingerprint density at radius 3 is 2.69 bits per heavy atom. The number of aromatic nitrogens is 3. The molecule has 0 aliphatic carbocycles. The second kappa shape index (κ2) is 11.3. The normalized spacial score (nSPS) is 11.9. The van der Waals surface area contributed by atoms with Crippen LogP contribution in [0.25, 0.3) is 11.0 Å². The first-order valence-electron chi connectivity index (χ1n) is 11.4. The molecule has 190 valence electrons. The number of methoxy groups -OCH3 is 2. The van der Waals surface area contributed by atoms with Crippen LogP contribution >= 0.6 is 11.9 Å². The third-order valence-corrected chi connectivity index (χ3v) is 6.41. The molecule has 0 saturated carbocycles. The Balaban J connectivity index is 1.50. The maximum absolute atomic E-state index is 13.0. The van der Waals surface area contributed by atoms with Gasteiger partial charge in [-0.15, -0.1) is 0 Å². The molecule has 1 amide bonds. The Bertz CT molecular complexity index is 1350. The Hall–Kier alpha value is -3.73. The fraction of sp³-hybridized carbons (Fsp3) is 0.320. The Morgan fingerprint density at radius 2 is 1.97 bits per heavy atom. The van der Waals surface area contributed by atoms with E-state index in [9.17, 15) is 9.18 Å². The Kier molecular flexibility index (Phi) is 7.99. The minimum absolute atomic E-state index is 0.205. The summed E-state index contributed by atoms with van der Waals surface area (Å²) in [6, 6.07) is 9.86. The van der Waals surface area contributed by atoms with E-state index in [0.717, 1.165) is 33.6 Å². The molecule has 0 aliphatic rings. The van der Waals surface area contributed by atoms with E-state index in [-0.39, 0.29) is 6.54 Å². The van der Waals surface area contributed by atoms with E-state index < -0.39 is 12.1 Å². The largest absolute Gasteiger partial charge is 0.496 e. The van der Waals surface area contributed by atoms with Crippen LogP contribution in [0.4, 0.5) is 10.2 Å². The highest BCUT2D eigenvalue weighted by Gasteiger charge is 2.17. The average Bonchev–Trinajstić information content (AvgIpc) is 3.51. The molecule has 4 rings (SSSR count). The number of fused-ring (bicyclic) bond motifs is 1. The van der Waals surface area contributed by atoms with Crippen molar-refractivity contribution in [3.63, 3.8) is 0 Å². The summed E-state index contributed by atoms with van der Waals surface area (Å²) in [6.07, 6.45) is 2.79. The van der Waals surface area contributed by atoms with Gasteiger partial charge >= 0.3 is 0 Å². The van der Waals surface area contributed by atoms with E-state index in [0.29, 0.717) is 23.7 Å². The number of anilines is 1. The standard InChI is InChI=1S/C25H28FN5O4S/c1-5-16-6-7-19(33-3)22(10-16)36-30-24-23-20(34-4)8-17(9-21(23)35-29-24)13-31-14-18(12-28-31)11-27-25(32)15(2)26/h6-10,12,14-15H,5,11,13H2,1-4H3,(H,27,32)(H,29,30). The van der Waals surface area contributed by atoms with Gasteiger partial charge < -0.3 is 24.0 Å². The lowest BCUT2D eigenvalue weighted by atomic mass is 10.1. The van der Waals surface area contributed by atoms with Gasteiger partial charge in [0.15, 0.2) is 17.6 Å². The summed E-state index contributed by atoms with van der Waals surface area (Å²) < 4.78 is 34.7. The number of rotatable bonds is 11. The number of hydrogen-bond acceptors (Lipinski definition) is 8. The summed E-state index contributed by atoms with van der Waals surface area (Å²) in [5.74, 6) is 1.27. The van der Waals surface area contributed by atoms with Crippen molar-refractivity contribution < 1.29 is 23.2 Å². The second-order valence-electron chi connectivity index (χ2n) is 8.13. The molecule has 0 spiro atoms. The Labute approximate surface area is 212 Å². The first kappa shape index (κ1) is 25.4. The maximum Gasteiger partial charge on any atom is 0.254 e. The molecule has 2 heterocycles. The molecule has 0 fully saturated rings. The minimum Gasteiger partial charge on any atom is -0.496 e. The zero-order valence-corrected chi connectivity index (χ0v) is 21.3. The molecule has 4 aromatic rings. The van der Waals surface area contributed by atoms with E-state index in [1.165, 1.54) is 24.4 Å². The molecular formula is C25H28FN5O4S. The number of halogens is 1. The maximum atomic E-state index is 13.0. The van der Waals surface area contributed by atoms with Gasteiger partial charge in [-0.3, -0.25) is 9.48 Å². The van der Waals surface area contributed by atoms with Gasteiger partial charge in [-0.2, -0.15) is 5.10 Å². The van der Waals surface area contributed by atoms with Crippen molar-refractivity contribution in [2.45, 2.75) is 44.4 Å². The number of hydrogen-bond donors (Lipinski definition) is 2. The number of aryl methyl sites for hydroxylation is 1. The molecule has 0 bridgehead atoms. The van der Waals surface area contributed by atoms with Gasteiger partial charge in [0.2, 0.25) is 0 Å². The lowest BCUT2D eigenvalue weighted by Gasteiger charge is -2.11. The van der Waals surface area contributed by atoms with E-state index >= 15 is 0 Å². The number of ether oxygens (including phenoxy) is 2. The van der Waals surface area contributed by atoms with Crippen molar-refractivity contribution in [3.8, 4) is 11.5 Å². The van der Waals surface area contributed by atoms with Crippen LogP contribution in [0.2, 0.25) is 0 Å². The molecule has 2 N–H and O–H groups in total. The lowest BCUT2D eigenvalue weighted by molar-refractivity contribution is -0.125. The number of alkyl halides is 1. The van der Waals surface area contributed by atoms with Crippen LogP contribution in [-0.2, 0) is 24.3 Å². The van der Waals surface area contributed by atoms with Crippen LogP contribution in [0.3, 0.4) is 0 Å². The smallest absolute Gasteiger partial charge is 0.254 e. The molecule has 11 heteroatoms. The van der Waals surface area contributed by atoms with Crippen molar-refractivity contribution in [3.05, 3.63) is 59.4 Å². The summed E-state index contributed by atoms with van der Waals surface area (Å²) >= 11 is 1.39. The number of carbonyl (C=O) groups excluding carboxylic acids is 1. The summed E-state index contributed by atoms with van der Waals surface area (Å²) in [7, 11) is 3.24. The highest BCUT2D eigenvalue weighted by atomic mass is 32.2. The summed E-state index contributed by atoms with van der Waals surface area (Å²) in [6.45, 7) is 3.95. The Morgan fingerprint density at radius 1 is 1.17 bits per heavy atom. The van der Waals surface area contributed by atoms with Crippen molar-refractivity contribution >= 4 is 34.6 Å². The van der Waals surface area contributed by atoms with E-state index in [1.807, 2.05) is 24.3 Å². The monoisotopic (exact) mass is 513 g/mol. The van der Waals surface area contributed by atoms with Crippen LogP contribution in [0.15, 0.2) is 52.1 Å². The molecule has 2 aromatic carbocycles. The summed E-state index contributed by atoms with van der Waals surface area (Å²) in [4.78, 5) is 12.4. The predicted octanol–water partition coefficient (Wildman–Crippen LogP) is 4.75. The van der Waals surface area contributed by atoms with Gasteiger partial charge in [0.1, 0.15) is 16.9 Å². The molecule has 0 aliphatic heterocycles. The zero-order valence-electron chi connectivity index (χ0n) is 20.5. The number of benzene rings is 2. The van der Waals surface area contributed by atoms with Gasteiger partial charge in [0.05, 0.1) is 31.9 Å². The van der Waals surface area contributed by atoms with Crippen molar-refractivity contribution in [2.24, 2.45) is 0 Å². The van der Waals surface area contributed by atoms with Crippen LogP contribution in [-0.4, -0.2) is 41.2 Å². The van der Waals surface area contributed by atoms with E-state index in [4.69, 9.17) is 14.0 Å². The molecule has 0 saturated heterocycles. The van der Waals surface area contributed by atoms with Crippen molar-refractivity contribution in [1.29, 1.82) is 0 Å². The third-order valence-electron chi connectivity index (χ3n) is 5.57. The van der Waals surface area contributed by atoms with Gasteiger partial charge in [-0.1, -0.05) is 18.1 Å². The fourth-order valence-corrected chi connectivity index (χ4v) is 4.45. The first-order valence-corrected chi connectivity index (χ1v) is 12.2. The van der Waals surface area contributed by atoms with E-state index in [1.54, 1.807) is 31.3 Å². The number of carbonyl (C=O) groups is 1. The van der Waals surface area contributed by atoms with Gasteiger partial charge in [-0.05, 0) is 60.7 Å². The molecule has 0 radical (unpaired) electrons. The van der Waals surface area contributed by atoms with Crippen LogP contribution in [0.1, 0.15) is 30.5 Å². The summed E-state index contributed by atoms with van der Waals surface area (Å²) in [5, 5.41) is 11.8. The molecule has 36 heavy (non-hydrogen) atoms. The van der Waals surface area contributed by atoms with Crippen molar-refractivity contribution in [1.82, 2.24) is 20.3 Å². The van der Waals surface area contributed by atoms with Gasteiger partial charge in [-0.25, -0.2) is 4.39 Å². The zero-order chi connectivity index (χ0) is 25.7. The SMILES string of the molecule is CCc1ccc(OC)c(SNc2noc3cc(Cn4cc(CNC(=O)C(C)F)cn4)cc(OC)c23)c1. The number of nitrogens with one attached hydrogen (secondary N) is 2. The highest BCUT2D eigenvalue weighted by Crippen LogP contribution is 2.37. The molecule has 1 atom stereocenters. The van der Waals surface area contributed by atoms with Crippen LogP contribution < -0.4 is 19.5 Å². The number of nitrogens with zero attached hydrogens (tertiary/aromatic N) is 3. The molecule has 2 aromatic heterocycles. The summed E-state index contributed by atoms with van der Waals surface area (Å²) in [5.41, 5.74) is 3.43. The first-order chi connectivity index (χ1) is 17.4. The minimum atomic E-state index is -1.55. The van der Waals surface area contributed by atoms with Gasteiger partial charge in [0, 0.05) is 18.3 Å². The lowest BCUT2D eigenvalue weighted by Crippen LogP contribution is -2.29. The quantitative estimate of drug-likeness (QED) is 0.277. The number of amides is 1. The van der Waals surface area contributed by atoms with Crippen LogP contribution in [0, 0.1) is 0 Å². The van der Waals surface area contributed by atoms with Gasteiger partial charge in [0.25, 0.3) is 5.91 Å². The molecule has 1 unspecified atom stereocenters. The average molecular weight is 514 g/mol. The van der Waals surface area contributed by atoms with Crippen LogP contribution in [0.5, 0.6) is 11.5 Å². The van der Waals surface area contributed by atoms with E-state index in [2.05, 4.69) is 33.3 Å².